The molecule has 88 valence electrons. The molecule has 0 unspecified atom stereocenters. The SMILES string of the molecule is NS(=O)(=O)c1c[nH]c(C(=O)N2CCCC2)c1. The summed E-state index contributed by atoms with van der Waals surface area (Å²) >= 11 is 0. The van der Waals surface area contributed by atoms with Gasteiger partial charge in [0.05, 0.1) is 4.90 Å². The predicted octanol–water partition coefficient (Wildman–Crippen LogP) is -0.102. The Labute approximate surface area is 93.5 Å². The van der Waals surface area contributed by atoms with Gasteiger partial charge in [0.15, 0.2) is 0 Å². The zero-order chi connectivity index (χ0) is 11.8. The second kappa shape index (κ2) is 3.91. The van der Waals surface area contributed by atoms with E-state index in [0.29, 0.717) is 0 Å². The van der Waals surface area contributed by atoms with Gasteiger partial charge in [0.25, 0.3) is 5.91 Å². The number of nitrogens with two attached hydrogens (primary N) is 1. The lowest BCUT2D eigenvalue weighted by atomic mass is 10.4. The van der Waals surface area contributed by atoms with Gasteiger partial charge in [-0.2, -0.15) is 0 Å². The van der Waals surface area contributed by atoms with E-state index in [-0.39, 0.29) is 16.5 Å². The van der Waals surface area contributed by atoms with E-state index in [9.17, 15) is 13.2 Å². The largest absolute Gasteiger partial charge is 0.356 e. The van der Waals surface area contributed by atoms with Crippen molar-refractivity contribution in [1.82, 2.24) is 9.88 Å². The number of likely N-dealkylation sites (tertiary alicyclic amines) is 1. The zero-order valence-corrected chi connectivity index (χ0v) is 9.46. The van der Waals surface area contributed by atoms with E-state index in [0.717, 1.165) is 25.9 Å². The van der Waals surface area contributed by atoms with Crippen molar-refractivity contribution in [2.24, 2.45) is 5.14 Å². The minimum Gasteiger partial charge on any atom is -0.356 e. The number of carbonyl (C=O) groups is 1. The van der Waals surface area contributed by atoms with Gasteiger partial charge < -0.3 is 9.88 Å². The predicted molar refractivity (Wildman–Crippen MR) is 57.3 cm³/mol. The molecule has 1 aliphatic heterocycles. The van der Waals surface area contributed by atoms with Crippen LogP contribution in [0.15, 0.2) is 17.2 Å². The molecule has 1 aromatic rings. The number of amides is 1. The molecule has 2 heterocycles. The first-order chi connectivity index (χ1) is 7.48. The Morgan fingerprint density at radius 1 is 1.38 bits per heavy atom. The van der Waals surface area contributed by atoms with Crippen LogP contribution >= 0.6 is 0 Å². The van der Waals surface area contributed by atoms with Crippen LogP contribution in [0.1, 0.15) is 23.3 Å². The van der Waals surface area contributed by atoms with E-state index >= 15 is 0 Å². The Morgan fingerprint density at radius 3 is 2.50 bits per heavy atom. The highest BCUT2D eigenvalue weighted by molar-refractivity contribution is 7.89. The third-order valence-electron chi connectivity index (χ3n) is 2.61. The quantitative estimate of drug-likeness (QED) is 0.759. The van der Waals surface area contributed by atoms with Crippen molar-refractivity contribution in [3.63, 3.8) is 0 Å². The second-order valence-electron chi connectivity index (χ2n) is 3.79. The van der Waals surface area contributed by atoms with Crippen molar-refractivity contribution in [2.75, 3.05) is 13.1 Å². The molecule has 6 nitrogen and oxygen atoms in total. The van der Waals surface area contributed by atoms with Crippen LogP contribution in [-0.4, -0.2) is 37.3 Å². The molecule has 1 aromatic heterocycles. The summed E-state index contributed by atoms with van der Waals surface area (Å²) in [4.78, 5) is 16.1. The van der Waals surface area contributed by atoms with Crippen molar-refractivity contribution in [1.29, 1.82) is 0 Å². The van der Waals surface area contributed by atoms with E-state index in [4.69, 9.17) is 5.14 Å². The standard InChI is InChI=1S/C9H13N3O3S/c10-16(14,15)7-5-8(11-6-7)9(13)12-3-1-2-4-12/h5-6,11H,1-4H2,(H2,10,14,15). The fourth-order valence-corrected chi connectivity index (χ4v) is 2.26. The van der Waals surface area contributed by atoms with Crippen LogP contribution in [0.5, 0.6) is 0 Å². The van der Waals surface area contributed by atoms with E-state index < -0.39 is 10.0 Å². The normalized spacial score (nSPS) is 16.7. The molecule has 1 fully saturated rings. The minimum absolute atomic E-state index is 0.0601. The molecule has 1 saturated heterocycles. The summed E-state index contributed by atoms with van der Waals surface area (Å²) in [5, 5.41) is 4.95. The van der Waals surface area contributed by atoms with Gasteiger partial charge in [0, 0.05) is 19.3 Å². The summed E-state index contributed by atoms with van der Waals surface area (Å²) < 4.78 is 22.0. The van der Waals surface area contributed by atoms with Crippen LogP contribution in [0, 0.1) is 0 Å². The van der Waals surface area contributed by atoms with Gasteiger partial charge in [-0.1, -0.05) is 0 Å². The number of carbonyl (C=O) groups excluding carboxylic acids is 1. The number of nitrogens with zero attached hydrogens (tertiary/aromatic N) is 1. The van der Waals surface area contributed by atoms with Crippen LogP contribution < -0.4 is 5.14 Å². The highest BCUT2D eigenvalue weighted by atomic mass is 32.2. The molecule has 3 N–H and O–H groups in total. The van der Waals surface area contributed by atoms with Gasteiger partial charge in [0.2, 0.25) is 10.0 Å². The molecule has 0 aliphatic carbocycles. The third kappa shape index (κ3) is 2.10. The van der Waals surface area contributed by atoms with Gasteiger partial charge in [0.1, 0.15) is 5.69 Å². The van der Waals surface area contributed by atoms with E-state index in [1.165, 1.54) is 12.3 Å². The smallest absolute Gasteiger partial charge is 0.270 e. The number of nitrogens with one attached hydrogen (secondary N) is 1. The summed E-state index contributed by atoms with van der Waals surface area (Å²) in [6, 6.07) is 1.27. The van der Waals surface area contributed by atoms with Gasteiger partial charge in [-0.25, -0.2) is 13.6 Å². The first-order valence-electron chi connectivity index (χ1n) is 4.99. The molecule has 1 amide bonds. The lowest BCUT2D eigenvalue weighted by Gasteiger charge is -2.13. The Morgan fingerprint density at radius 2 is 2.00 bits per heavy atom. The lowest BCUT2D eigenvalue weighted by molar-refractivity contribution is 0.0787. The van der Waals surface area contributed by atoms with Crippen LogP contribution in [-0.2, 0) is 10.0 Å². The Balaban J connectivity index is 2.22. The third-order valence-corrected chi connectivity index (χ3v) is 3.50. The van der Waals surface area contributed by atoms with E-state index in [2.05, 4.69) is 4.98 Å². The van der Waals surface area contributed by atoms with Crippen molar-refractivity contribution < 1.29 is 13.2 Å². The first kappa shape index (κ1) is 11.2. The molecule has 0 aromatic carbocycles. The Hall–Kier alpha value is -1.34. The summed E-state index contributed by atoms with van der Waals surface area (Å²) in [6.07, 6.45) is 3.22. The summed E-state index contributed by atoms with van der Waals surface area (Å²) in [5.41, 5.74) is 0.269. The van der Waals surface area contributed by atoms with Crippen molar-refractivity contribution in [3.8, 4) is 0 Å². The van der Waals surface area contributed by atoms with E-state index in [1.54, 1.807) is 4.90 Å². The second-order valence-corrected chi connectivity index (χ2v) is 5.35. The van der Waals surface area contributed by atoms with Gasteiger partial charge in [-0.05, 0) is 18.9 Å². The molecule has 2 rings (SSSR count). The van der Waals surface area contributed by atoms with Gasteiger partial charge in [-0.15, -0.1) is 0 Å². The summed E-state index contributed by atoms with van der Waals surface area (Å²) in [5.74, 6) is -0.174. The number of hydrogen-bond donors (Lipinski definition) is 2. The Kier molecular flexibility index (Phi) is 2.73. The van der Waals surface area contributed by atoms with Gasteiger partial charge in [-0.3, -0.25) is 4.79 Å². The fraction of sp³-hybridized carbons (Fsp3) is 0.444. The lowest BCUT2D eigenvalue weighted by Crippen LogP contribution is -2.27. The van der Waals surface area contributed by atoms with Crippen LogP contribution in [0.2, 0.25) is 0 Å². The molecule has 0 atom stereocenters. The molecular weight excluding hydrogens is 230 g/mol. The summed E-state index contributed by atoms with van der Waals surface area (Å²) in [7, 11) is -3.74. The maximum absolute atomic E-state index is 11.8. The first-order valence-corrected chi connectivity index (χ1v) is 6.53. The number of primary sulfonamides is 1. The van der Waals surface area contributed by atoms with Crippen LogP contribution in [0.4, 0.5) is 0 Å². The maximum Gasteiger partial charge on any atom is 0.270 e. The average molecular weight is 243 g/mol. The molecular formula is C9H13N3O3S. The van der Waals surface area contributed by atoms with Crippen molar-refractivity contribution in [2.45, 2.75) is 17.7 Å². The van der Waals surface area contributed by atoms with E-state index in [1.807, 2.05) is 0 Å². The minimum atomic E-state index is -3.74. The van der Waals surface area contributed by atoms with Crippen molar-refractivity contribution >= 4 is 15.9 Å². The molecule has 0 radical (unpaired) electrons. The number of hydrogen-bond acceptors (Lipinski definition) is 3. The average Bonchev–Trinajstić information content (AvgIpc) is 2.87. The van der Waals surface area contributed by atoms with Crippen LogP contribution in [0.3, 0.4) is 0 Å². The number of sulfonamides is 1. The molecule has 0 saturated carbocycles. The fourth-order valence-electron chi connectivity index (χ4n) is 1.75. The number of aromatic nitrogens is 1. The highest BCUT2D eigenvalue weighted by Gasteiger charge is 2.22. The summed E-state index contributed by atoms with van der Waals surface area (Å²) in [6.45, 7) is 1.45. The molecule has 0 bridgehead atoms. The Bertz CT molecular complexity index is 500. The topological polar surface area (TPSA) is 96.3 Å². The number of rotatable bonds is 2. The zero-order valence-electron chi connectivity index (χ0n) is 8.64. The molecule has 7 heteroatoms. The molecule has 1 aliphatic rings. The van der Waals surface area contributed by atoms with Crippen LogP contribution in [0.25, 0.3) is 0 Å². The number of aromatic amines is 1. The monoisotopic (exact) mass is 243 g/mol. The maximum atomic E-state index is 11.8. The number of H-pyrrole nitrogens is 1. The van der Waals surface area contributed by atoms with Gasteiger partial charge >= 0.3 is 0 Å². The molecule has 0 spiro atoms. The highest BCUT2D eigenvalue weighted by Crippen LogP contribution is 2.14. The van der Waals surface area contributed by atoms with Crippen molar-refractivity contribution in [3.05, 3.63) is 18.0 Å². The molecule has 16 heavy (non-hydrogen) atoms.